The lowest BCUT2D eigenvalue weighted by atomic mass is 10.2. The van der Waals surface area contributed by atoms with Crippen LogP contribution in [0.4, 0.5) is 0 Å². The van der Waals surface area contributed by atoms with Crippen LogP contribution in [0.5, 0.6) is 0 Å². The first kappa shape index (κ1) is 9.61. The maximum absolute atomic E-state index is 4.03. The van der Waals surface area contributed by atoms with Crippen LogP contribution >= 0.6 is 0 Å². The summed E-state index contributed by atoms with van der Waals surface area (Å²) < 4.78 is 1.73. The number of rotatable bonds is 3. The van der Waals surface area contributed by atoms with Gasteiger partial charge in [0.2, 0.25) is 0 Å². The largest absolute Gasteiger partial charge is 0.307 e. The maximum Gasteiger partial charge on any atom is 0.0964 e. The number of likely N-dealkylation sites (N-methyl/N-ethyl adjacent to an activating group) is 1. The molecule has 5 heteroatoms. The van der Waals surface area contributed by atoms with Crippen molar-refractivity contribution in [1.29, 1.82) is 0 Å². The summed E-state index contributed by atoms with van der Waals surface area (Å²) in [6, 6.07) is 0.613. The predicted molar refractivity (Wildman–Crippen MR) is 53.7 cm³/mol. The van der Waals surface area contributed by atoms with E-state index < -0.39 is 0 Å². The third kappa shape index (κ3) is 2.30. The SMILES string of the molecule is CN1CCC(NCc2cn(C)nn2)C1. The van der Waals surface area contributed by atoms with Crippen molar-refractivity contribution in [3.05, 3.63) is 11.9 Å². The average Bonchev–Trinajstić information content (AvgIpc) is 2.72. The molecule has 0 aromatic carbocycles. The van der Waals surface area contributed by atoms with Crippen LogP contribution in [0.2, 0.25) is 0 Å². The van der Waals surface area contributed by atoms with Crippen molar-refractivity contribution in [2.24, 2.45) is 7.05 Å². The Labute approximate surface area is 84.1 Å². The van der Waals surface area contributed by atoms with Crippen molar-refractivity contribution in [1.82, 2.24) is 25.2 Å². The molecule has 0 saturated carbocycles. The van der Waals surface area contributed by atoms with E-state index in [0.29, 0.717) is 6.04 Å². The van der Waals surface area contributed by atoms with Crippen LogP contribution in [0.3, 0.4) is 0 Å². The molecule has 1 fully saturated rings. The molecule has 2 rings (SSSR count). The van der Waals surface area contributed by atoms with Crippen LogP contribution < -0.4 is 5.32 Å². The Morgan fingerprint density at radius 2 is 2.43 bits per heavy atom. The number of likely N-dealkylation sites (tertiary alicyclic amines) is 1. The summed E-state index contributed by atoms with van der Waals surface area (Å²) in [5, 5.41) is 11.4. The monoisotopic (exact) mass is 195 g/mol. The molecule has 14 heavy (non-hydrogen) atoms. The lowest BCUT2D eigenvalue weighted by Crippen LogP contribution is -2.31. The van der Waals surface area contributed by atoms with Crippen LogP contribution in [0, 0.1) is 0 Å². The Kier molecular flexibility index (Phi) is 2.79. The Hall–Kier alpha value is -0.940. The van der Waals surface area contributed by atoms with Gasteiger partial charge < -0.3 is 10.2 Å². The molecule has 0 aliphatic carbocycles. The van der Waals surface area contributed by atoms with Crippen molar-refractivity contribution < 1.29 is 0 Å². The first-order chi connectivity index (χ1) is 6.74. The second kappa shape index (κ2) is 4.06. The number of hydrogen-bond donors (Lipinski definition) is 1. The summed E-state index contributed by atoms with van der Waals surface area (Å²) in [4.78, 5) is 2.34. The number of hydrogen-bond acceptors (Lipinski definition) is 4. The number of aromatic nitrogens is 3. The van der Waals surface area contributed by atoms with Gasteiger partial charge in [-0.1, -0.05) is 5.21 Å². The molecular weight excluding hydrogens is 178 g/mol. The minimum absolute atomic E-state index is 0.613. The minimum atomic E-state index is 0.613. The maximum atomic E-state index is 4.03. The van der Waals surface area contributed by atoms with Gasteiger partial charge in [-0.3, -0.25) is 4.68 Å². The molecule has 0 bridgehead atoms. The van der Waals surface area contributed by atoms with E-state index in [9.17, 15) is 0 Å². The first-order valence-corrected chi connectivity index (χ1v) is 5.01. The molecule has 1 saturated heterocycles. The Morgan fingerprint density at radius 3 is 3.00 bits per heavy atom. The Balaban J connectivity index is 1.77. The molecule has 1 aromatic rings. The van der Waals surface area contributed by atoms with Crippen molar-refractivity contribution in [2.45, 2.75) is 19.0 Å². The van der Waals surface area contributed by atoms with Gasteiger partial charge in [0.25, 0.3) is 0 Å². The van der Waals surface area contributed by atoms with E-state index in [1.807, 2.05) is 13.2 Å². The summed E-state index contributed by atoms with van der Waals surface area (Å²) >= 11 is 0. The van der Waals surface area contributed by atoms with E-state index in [1.54, 1.807) is 4.68 Å². The molecule has 0 spiro atoms. The Bertz CT molecular complexity index is 295. The molecule has 2 heterocycles. The van der Waals surface area contributed by atoms with Crippen LogP contribution in [-0.4, -0.2) is 46.1 Å². The molecule has 5 nitrogen and oxygen atoms in total. The van der Waals surface area contributed by atoms with E-state index in [4.69, 9.17) is 0 Å². The van der Waals surface area contributed by atoms with Gasteiger partial charge in [0.1, 0.15) is 0 Å². The van der Waals surface area contributed by atoms with Crippen molar-refractivity contribution in [3.63, 3.8) is 0 Å². The second-order valence-corrected chi connectivity index (χ2v) is 4.01. The summed E-state index contributed by atoms with van der Waals surface area (Å²) in [5.41, 5.74) is 1.02. The van der Waals surface area contributed by atoms with Gasteiger partial charge in [-0.25, -0.2) is 0 Å². The molecule has 1 unspecified atom stereocenters. The van der Waals surface area contributed by atoms with Gasteiger partial charge in [0, 0.05) is 32.4 Å². The van der Waals surface area contributed by atoms with Gasteiger partial charge in [-0.2, -0.15) is 0 Å². The van der Waals surface area contributed by atoms with Crippen LogP contribution in [0.1, 0.15) is 12.1 Å². The van der Waals surface area contributed by atoms with Gasteiger partial charge in [0.15, 0.2) is 0 Å². The average molecular weight is 195 g/mol. The molecule has 1 aliphatic heterocycles. The summed E-state index contributed by atoms with van der Waals surface area (Å²) in [5.74, 6) is 0. The fourth-order valence-electron chi connectivity index (χ4n) is 1.83. The minimum Gasteiger partial charge on any atom is -0.307 e. The van der Waals surface area contributed by atoms with Crippen LogP contribution in [0.25, 0.3) is 0 Å². The highest BCUT2D eigenvalue weighted by atomic mass is 15.4. The van der Waals surface area contributed by atoms with E-state index in [-0.39, 0.29) is 0 Å². The lowest BCUT2D eigenvalue weighted by molar-refractivity contribution is 0.397. The first-order valence-electron chi connectivity index (χ1n) is 5.01. The van der Waals surface area contributed by atoms with E-state index in [1.165, 1.54) is 13.0 Å². The van der Waals surface area contributed by atoms with Gasteiger partial charge >= 0.3 is 0 Å². The van der Waals surface area contributed by atoms with Gasteiger partial charge in [-0.05, 0) is 20.0 Å². The zero-order chi connectivity index (χ0) is 9.97. The topological polar surface area (TPSA) is 46.0 Å². The zero-order valence-electron chi connectivity index (χ0n) is 8.77. The molecule has 1 aliphatic rings. The summed E-state index contributed by atoms with van der Waals surface area (Å²) in [6.45, 7) is 3.16. The Morgan fingerprint density at radius 1 is 1.57 bits per heavy atom. The highest BCUT2D eigenvalue weighted by Gasteiger charge is 2.18. The highest BCUT2D eigenvalue weighted by Crippen LogP contribution is 2.06. The standard InChI is InChI=1S/C9H17N5/c1-13-4-3-8(6-13)10-5-9-7-14(2)12-11-9/h7-8,10H,3-6H2,1-2H3. The molecule has 0 radical (unpaired) electrons. The highest BCUT2D eigenvalue weighted by molar-refractivity contribution is 4.92. The molecular formula is C9H17N5. The van der Waals surface area contributed by atoms with Gasteiger partial charge in [0.05, 0.1) is 5.69 Å². The van der Waals surface area contributed by atoms with E-state index in [0.717, 1.165) is 18.8 Å². The van der Waals surface area contributed by atoms with Crippen molar-refractivity contribution in [2.75, 3.05) is 20.1 Å². The summed E-state index contributed by atoms with van der Waals surface area (Å²) in [6.07, 6.45) is 3.18. The third-order valence-corrected chi connectivity index (χ3v) is 2.61. The molecule has 1 aromatic heterocycles. The fraction of sp³-hybridized carbons (Fsp3) is 0.778. The van der Waals surface area contributed by atoms with Crippen LogP contribution in [0.15, 0.2) is 6.20 Å². The number of aryl methyl sites for hydroxylation is 1. The lowest BCUT2D eigenvalue weighted by Gasteiger charge is -2.10. The number of nitrogens with zero attached hydrogens (tertiary/aromatic N) is 4. The molecule has 1 atom stereocenters. The summed E-state index contributed by atoms with van der Waals surface area (Å²) in [7, 11) is 4.05. The molecule has 0 amide bonds. The zero-order valence-corrected chi connectivity index (χ0v) is 8.77. The van der Waals surface area contributed by atoms with E-state index in [2.05, 4.69) is 27.6 Å². The predicted octanol–water partition coefficient (Wildman–Crippen LogP) is -0.391. The normalized spacial score (nSPS) is 23.1. The molecule has 78 valence electrons. The van der Waals surface area contributed by atoms with Gasteiger partial charge in [-0.15, -0.1) is 5.10 Å². The van der Waals surface area contributed by atoms with Crippen LogP contribution in [-0.2, 0) is 13.6 Å². The fourth-order valence-corrected chi connectivity index (χ4v) is 1.83. The molecule has 1 N–H and O–H groups in total. The van der Waals surface area contributed by atoms with Crippen molar-refractivity contribution >= 4 is 0 Å². The van der Waals surface area contributed by atoms with E-state index >= 15 is 0 Å². The van der Waals surface area contributed by atoms with Crippen molar-refractivity contribution in [3.8, 4) is 0 Å². The second-order valence-electron chi connectivity index (χ2n) is 4.01. The quantitative estimate of drug-likeness (QED) is 0.713. The number of nitrogens with one attached hydrogen (secondary N) is 1. The third-order valence-electron chi connectivity index (χ3n) is 2.61. The smallest absolute Gasteiger partial charge is 0.0964 e.